The molecule has 1 saturated carbocycles. The maximum atomic E-state index is 14.2. The molecule has 10 heteroatoms. The van der Waals surface area contributed by atoms with E-state index in [-0.39, 0.29) is 35.1 Å². The standard InChI is InChI=1S/C26H30F3N3O3S/c1-15(27)8-25(22(33)34)12-26(16(2)24(26,3)4)14-32(13-25)11-18-10-31-21(36-18)19-7-17(9-30)5-6-20(19)35-23(28)29/h5-7,10,15-16,23H,8,11-14H2,1-4H3,(H,33,34)/t15?,16?,25-,26?/m1/s1. The van der Waals surface area contributed by atoms with Crippen molar-refractivity contribution in [3.05, 3.63) is 34.8 Å². The second-order valence-electron chi connectivity index (χ2n) is 10.8. The molecule has 1 spiro atoms. The number of carboxylic acid groups (broad SMARTS) is 1. The van der Waals surface area contributed by atoms with E-state index in [1.54, 1.807) is 6.20 Å². The number of nitrogens with zero attached hydrogens (tertiary/aromatic N) is 3. The smallest absolute Gasteiger partial charge is 0.387 e. The predicted octanol–water partition coefficient (Wildman–Crippen LogP) is 5.97. The monoisotopic (exact) mass is 521 g/mol. The summed E-state index contributed by atoms with van der Waals surface area (Å²) in [6.07, 6.45) is 0.782. The minimum Gasteiger partial charge on any atom is -0.481 e. The molecule has 4 rings (SSSR count). The summed E-state index contributed by atoms with van der Waals surface area (Å²) in [5, 5.41) is 19.9. The van der Waals surface area contributed by atoms with Crippen LogP contribution in [0.4, 0.5) is 13.2 Å². The van der Waals surface area contributed by atoms with E-state index in [0.29, 0.717) is 36.0 Å². The third-order valence-electron chi connectivity index (χ3n) is 8.41. The van der Waals surface area contributed by atoms with E-state index in [2.05, 4.69) is 35.4 Å². The molecule has 2 aliphatic rings. The van der Waals surface area contributed by atoms with Gasteiger partial charge in [0, 0.05) is 30.7 Å². The zero-order valence-electron chi connectivity index (χ0n) is 20.7. The van der Waals surface area contributed by atoms with E-state index in [1.165, 1.54) is 36.5 Å². The van der Waals surface area contributed by atoms with Crippen LogP contribution in [0.1, 0.15) is 51.0 Å². The zero-order valence-corrected chi connectivity index (χ0v) is 21.5. The molecule has 36 heavy (non-hydrogen) atoms. The number of alkyl halides is 3. The van der Waals surface area contributed by atoms with E-state index < -0.39 is 24.2 Å². The molecule has 194 valence electrons. The first-order valence-corrected chi connectivity index (χ1v) is 12.7. The van der Waals surface area contributed by atoms with Crippen LogP contribution in [0.15, 0.2) is 24.4 Å². The number of piperidine rings is 1. The molecule has 2 fully saturated rings. The molecule has 2 heterocycles. The van der Waals surface area contributed by atoms with Crippen molar-refractivity contribution in [2.24, 2.45) is 22.2 Å². The highest BCUT2D eigenvalue weighted by atomic mass is 32.1. The van der Waals surface area contributed by atoms with E-state index in [4.69, 9.17) is 0 Å². The van der Waals surface area contributed by atoms with Crippen LogP contribution in [0.3, 0.4) is 0 Å². The Kier molecular flexibility index (Phi) is 6.86. The van der Waals surface area contributed by atoms with Gasteiger partial charge in [-0.15, -0.1) is 11.3 Å². The van der Waals surface area contributed by atoms with Crippen molar-refractivity contribution < 1.29 is 27.8 Å². The Hall–Kier alpha value is -2.64. The molecule has 1 aromatic carbocycles. The third-order valence-corrected chi connectivity index (χ3v) is 9.43. The van der Waals surface area contributed by atoms with Crippen molar-refractivity contribution in [3.63, 3.8) is 0 Å². The number of ether oxygens (including phenoxy) is 1. The van der Waals surface area contributed by atoms with Gasteiger partial charge in [-0.05, 0) is 54.7 Å². The van der Waals surface area contributed by atoms with Crippen LogP contribution in [0.2, 0.25) is 0 Å². The number of nitriles is 1. The molecule has 4 atom stereocenters. The highest BCUT2D eigenvalue weighted by molar-refractivity contribution is 7.15. The first-order valence-electron chi connectivity index (χ1n) is 11.9. The molecule has 1 N–H and O–H groups in total. The second-order valence-corrected chi connectivity index (χ2v) is 11.9. The summed E-state index contributed by atoms with van der Waals surface area (Å²) in [6, 6.07) is 6.18. The molecule has 6 nitrogen and oxygen atoms in total. The average Bonchev–Trinajstić information content (AvgIpc) is 3.11. The van der Waals surface area contributed by atoms with Gasteiger partial charge in [-0.25, -0.2) is 9.37 Å². The number of carbonyl (C=O) groups is 1. The van der Waals surface area contributed by atoms with E-state index >= 15 is 0 Å². The molecule has 0 radical (unpaired) electrons. The summed E-state index contributed by atoms with van der Waals surface area (Å²) in [5.74, 6) is -0.753. The number of carboxylic acids is 1. The molecule has 1 saturated heterocycles. The number of hydrogen-bond donors (Lipinski definition) is 1. The van der Waals surface area contributed by atoms with Gasteiger partial charge in [-0.3, -0.25) is 9.69 Å². The molecule has 1 aliphatic carbocycles. The Morgan fingerprint density at radius 1 is 1.36 bits per heavy atom. The van der Waals surface area contributed by atoms with Gasteiger partial charge in [0.25, 0.3) is 0 Å². The lowest BCUT2D eigenvalue weighted by Crippen LogP contribution is -2.53. The van der Waals surface area contributed by atoms with Crippen LogP contribution in [-0.4, -0.2) is 46.8 Å². The summed E-state index contributed by atoms with van der Waals surface area (Å²) in [7, 11) is 0. The predicted molar refractivity (Wildman–Crippen MR) is 129 cm³/mol. The van der Waals surface area contributed by atoms with Gasteiger partial charge < -0.3 is 9.84 Å². The van der Waals surface area contributed by atoms with E-state index in [9.17, 15) is 28.3 Å². The van der Waals surface area contributed by atoms with Crippen LogP contribution in [-0.2, 0) is 11.3 Å². The molecule has 1 aliphatic heterocycles. The Morgan fingerprint density at radius 2 is 2.06 bits per heavy atom. The Balaban J connectivity index is 1.64. The largest absolute Gasteiger partial charge is 0.481 e. The van der Waals surface area contributed by atoms with Crippen LogP contribution < -0.4 is 4.74 Å². The van der Waals surface area contributed by atoms with Crippen LogP contribution in [0.25, 0.3) is 10.6 Å². The number of thiazole rings is 1. The lowest BCUT2D eigenvalue weighted by atomic mass is 9.68. The van der Waals surface area contributed by atoms with Gasteiger partial charge in [0.05, 0.1) is 28.8 Å². The van der Waals surface area contributed by atoms with Gasteiger partial charge in [-0.2, -0.15) is 14.0 Å². The number of hydrogen-bond acceptors (Lipinski definition) is 6. The SMILES string of the molecule is CC(F)C[C@]1(C(=O)O)CN(Cc2cnc(-c3cc(C#N)ccc3OC(F)F)s2)CC2(C1)C(C)C2(C)C. The van der Waals surface area contributed by atoms with Crippen molar-refractivity contribution >= 4 is 17.3 Å². The molecule has 3 unspecified atom stereocenters. The number of rotatable bonds is 8. The van der Waals surface area contributed by atoms with Gasteiger partial charge in [0.2, 0.25) is 0 Å². The number of likely N-dealkylation sites (tertiary alicyclic amines) is 1. The van der Waals surface area contributed by atoms with Crippen LogP contribution in [0, 0.1) is 33.5 Å². The molecule has 0 amide bonds. The van der Waals surface area contributed by atoms with Crippen molar-refractivity contribution in [1.82, 2.24) is 9.88 Å². The van der Waals surface area contributed by atoms with Gasteiger partial charge in [-0.1, -0.05) is 20.8 Å². The molecular formula is C26H30F3N3O3S. The number of benzene rings is 1. The summed E-state index contributed by atoms with van der Waals surface area (Å²) in [4.78, 5) is 19.8. The molecular weight excluding hydrogens is 491 g/mol. The first kappa shape index (κ1) is 26.4. The zero-order chi connectivity index (χ0) is 26.5. The topological polar surface area (TPSA) is 86.5 Å². The van der Waals surface area contributed by atoms with Crippen molar-refractivity contribution in [2.45, 2.75) is 59.9 Å². The summed E-state index contributed by atoms with van der Waals surface area (Å²) >= 11 is 1.28. The highest BCUT2D eigenvalue weighted by Crippen LogP contribution is 2.74. The van der Waals surface area contributed by atoms with Crippen molar-refractivity contribution in [1.29, 1.82) is 5.26 Å². The van der Waals surface area contributed by atoms with Crippen molar-refractivity contribution in [2.75, 3.05) is 13.1 Å². The Bertz CT molecular complexity index is 1190. The van der Waals surface area contributed by atoms with Crippen molar-refractivity contribution in [3.8, 4) is 22.4 Å². The quantitative estimate of drug-likeness (QED) is 0.461. The van der Waals surface area contributed by atoms with Crippen LogP contribution >= 0.6 is 11.3 Å². The number of aromatic nitrogens is 1. The minimum atomic E-state index is -3.02. The molecule has 1 aromatic heterocycles. The Morgan fingerprint density at radius 3 is 2.61 bits per heavy atom. The summed E-state index contributed by atoms with van der Waals surface area (Å²) < 4.78 is 44.7. The minimum absolute atomic E-state index is 0.0490. The molecule has 2 aromatic rings. The molecule has 0 bridgehead atoms. The number of halogens is 3. The lowest BCUT2D eigenvalue weighted by Gasteiger charge is -2.46. The van der Waals surface area contributed by atoms with Gasteiger partial charge in [0.15, 0.2) is 0 Å². The average molecular weight is 522 g/mol. The maximum Gasteiger partial charge on any atom is 0.387 e. The highest BCUT2D eigenvalue weighted by Gasteiger charge is 2.72. The summed E-state index contributed by atoms with van der Waals surface area (Å²) in [6.45, 7) is 6.11. The second kappa shape index (κ2) is 9.34. The van der Waals surface area contributed by atoms with Gasteiger partial charge >= 0.3 is 12.6 Å². The fraction of sp³-hybridized carbons (Fsp3) is 0.577. The maximum absolute atomic E-state index is 14.2. The Labute approximate surface area is 212 Å². The summed E-state index contributed by atoms with van der Waals surface area (Å²) in [5.41, 5.74) is -0.904. The first-order chi connectivity index (χ1) is 16.8. The van der Waals surface area contributed by atoms with Crippen LogP contribution in [0.5, 0.6) is 5.75 Å². The number of aliphatic carboxylic acids is 1. The van der Waals surface area contributed by atoms with E-state index in [1.807, 2.05) is 6.07 Å². The van der Waals surface area contributed by atoms with Gasteiger partial charge in [0.1, 0.15) is 10.8 Å². The normalized spacial score (nSPS) is 28.1. The third kappa shape index (κ3) is 4.59. The van der Waals surface area contributed by atoms with E-state index in [0.717, 1.165) is 4.88 Å². The fourth-order valence-electron chi connectivity index (χ4n) is 6.26. The fourth-order valence-corrected chi connectivity index (χ4v) is 7.24. The lowest BCUT2D eigenvalue weighted by molar-refractivity contribution is -0.158.